The van der Waals surface area contributed by atoms with Crippen LogP contribution in [0.4, 0.5) is 11.5 Å². The third-order valence-electron chi connectivity index (χ3n) is 3.21. The molecule has 1 aromatic heterocycles. The Balaban J connectivity index is 1.93. The fourth-order valence-corrected chi connectivity index (χ4v) is 2.60. The van der Waals surface area contributed by atoms with Gasteiger partial charge in [-0.15, -0.1) is 0 Å². The minimum atomic E-state index is 0.379. The van der Waals surface area contributed by atoms with Gasteiger partial charge in [0.1, 0.15) is 0 Å². The second-order valence-electron chi connectivity index (χ2n) is 4.48. The molecular formula is C13H14ClN3O. The fraction of sp³-hybridized carbons (Fsp3) is 0.308. The van der Waals surface area contributed by atoms with Gasteiger partial charge in [0.15, 0.2) is 11.6 Å². The first kappa shape index (κ1) is 11.4. The van der Waals surface area contributed by atoms with E-state index in [1.165, 1.54) is 12.8 Å². The van der Waals surface area contributed by atoms with E-state index in [0.717, 1.165) is 29.4 Å². The first-order chi connectivity index (χ1) is 8.74. The molecule has 1 aromatic carbocycles. The van der Waals surface area contributed by atoms with Gasteiger partial charge in [-0.05, 0) is 31.0 Å². The van der Waals surface area contributed by atoms with Crippen molar-refractivity contribution >= 4 is 23.1 Å². The highest BCUT2D eigenvalue weighted by Gasteiger charge is 2.16. The summed E-state index contributed by atoms with van der Waals surface area (Å²) in [6, 6.07) is 7.61. The van der Waals surface area contributed by atoms with E-state index in [0.29, 0.717) is 11.6 Å². The maximum absolute atomic E-state index is 6.33. The Morgan fingerprint density at radius 3 is 2.61 bits per heavy atom. The SMILES string of the molecule is Nc1cc(-c2ccc(N3CCCC3)c(Cl)c2)on1. The molecule has 5 heteroatoms. The van der Waals surface area contributed by atoms with Crippen LogP contribution < -0.4 is 10.6 Å². The van der Waals surface area contributed by atoms with E-state index in [-0.39, 0.29) is 0 Å². The number of rotatable bonds is 2. The molecule has 1 aliphatic heterocycles. The molecule has 1 saturated heterocycles. The van der Waals surface area contributed by atoms with Gasteiger partial charge in [-0.1, -0.05) is 16.8 Å². The van der Waals surface area contributed by atoms with Crippen LogP contribution >= 0.6 is 11.6 Å². The molecule has 0 aliphatic carbocycles. The van der Waals surface area contributed by atoms with Gasteiger partial charge in [0.05, 0.1) is 10.7 Å². The lowest BCUT2D eigenvalue weighted by Crippen LogP contribution is -2.17. The number of nitrogens with zero attached hydrogens (tertiary/aromatic N) is 2. The highest BCUT2D eigenvalue weighted by Crippen LogP contribution is 2.33. The summed E-state index contributed by atoms with van der Waals surface area (Å²) in [5.74, 6) is 1.02. The molecule has 0 unspecified atom stereocenters. The zero-order chi connectivity index (χ0) is 12.5. The highest BCUT2D eigenvalue weighted by molar-refractivity contribution is 6.33. The lowest BCUT2D eigenvalue weighted by Gasteiger charge is -2.19. The lowest BCUT2D eigenvalue weighted by atomic mass is 10.1. The van der Waals surface area contributed by atoms with E-state index in [9.17, 15) is 0 Å². The van der Waals surface area contributed by atoms with E-state index in [2.05, 4.69) is 10.1 Å². The number of halogens is 1. The third kappa shape index (κ3) is 2.04. The zero-order valence-corrected chi connectivity index (χ0v) is 10.7. The van der Waals surface area contributed by atoms with Gasteiger partial charge >= 0.3 is 0 Å². The summed E-state index contributed by atoms with van der Waals surface area (Å²) in [4.78, 5) is 2.31. The number of anilines is 2. The Hall–Kier alpha value is -1.68. The van der Waals surface area contributed by atoms with Crippen molar-refractivity contribution < 1.29 is 4.52 Å². The standard InChI is InChI=1S/C13H14ClN3O/c14-10-7-9(12-8-13(15)16-18-12)3-4-11(10)17-5-1-2-6-17/h3-4,7-8H,1-2,5-6H2,(H2,15,16). The van der Waals surface area contributed by atoms with Crippen LogP contribution in [-0.4, -0.2) is 18.2 Å². The minimum Gasteiger partial charge on any atom is -0.381 e. The van der Waals surface area contributed by atoms with Crippen molar-refractivity contribution in [3.63, 3.8) is 0 Å². The second-order valence-corrected chi connectivity index (χ2v) is 4.88. The van der Waals surface area contributed by atoms with Crippen molar-refractivity contribution in [1.82, 2.24) is 5.16 Å². The highest BCUT2D eigenvalue weighted by atomic mass is 35.5. The molecule has 4 nitrogen and oxygen atoms in total. The first-order valence-corrected chi connectivity index (χ1v) is 6.39. The first-order valence-electron chi connectivity index (χ1n) is 6.01. The van der Waals surface area contributed by atoms with Crippen LogP contribution in [0.3, 0.4) is 0 Å². The van der Waals surface area contributed by atoms with Crippen LogP contribution in [0.2, 0.25) is 5.02 Å². The fourth-order valence-electron chi connectivity index (χ4n) is 2.30. The second kappa shape index (κ2) is 4.53. The zero-order valence-electron chi connectivity index (χ0n) is 9.90. The molecule has 0 spiro atoms. The Morgan fingerprint density at radius 2 is 2.00 bits per heavy atom. The molecule has 18 heavy (non-hydrogen) atoms. The molecule has 1 fully saturated rings. The molecule has 0 atom stereocenters. The molecule has 3 rings (SSSR count). The molecule has 0 bridgehead atoms. The van der Waals surface area contributed by atoms with Crippen molar-refractivity contribution in [3.05, 3.63) is 29.3 Å². The average molecular weight is 264 g/mol. The summed E-state index contributed by atoms with van der Waals surface area (Å²) in [6.07, 6.45) is 2.47. The van der Waals surface area contributed by atoms with Crippen LogP contribution in [0.5, 0.6) is 0 Å². The van der Waals surface area contributed by atoms with Crippen LogP contribution in [0, 0.1) is 0 Å². The molecular weight excluding hydrogens is 250 g/mol. The number of nitrogen functional groups attached to an aromatic ring is 1. The summed E-state index contributed by atoms with van der Waals surface area (Å²) in [7, 11) is 0. The van der Waals surface area contributed by atoms with E-state index in [4.69, 9.17) is 21.9 Å². The number of hydrogen-bond acceptors (Lipinski definition) is 4. The Kier molecular flexibility index (Phi) is 2.88. The molecule has 1 aliphatic rings. The summed E-state index contributed by atoms with van der Waals surface area (Å²) >= 11 is 6.33. The average Bonchev–Trinajstić information content (AvgIpc) is 2.99. The number of nitrogens with two attached hydrogens (primary N) is 1. The largest absolute Gasteiger partial charge is 0.381 e. The summed E-state index contributed by atoms with van der Waals surface area (Å²) in [5, 5.41) is 4.41. The third-order valence-corrected chi connectivity index (χ3v) is 3.51. The summed E-state index contributed by atoms with van der Waals surface area (Å²) in [5.41, 5.74) is 7.52. The van der Waals surface area contributed by atoms with E-state index in [1.54, 1.807) is 6.07 Å². The smallest absolute Gasteiger partial charge is 0.169 e. The minimum absolute atomic E-state index is 0.379. The molecule has 2 aromatic rings. The maximum atomic E-state index is 6.33. The predicted octanol–water partition coefficient (Wildman–Crippen LogP) is 3.18. The molecule has 0 amide bonds. The van der Waals surface area contributed by atoms with Gasteiger partial charge in [-0.25, -0.2) is 0 Å². The molecule has 0 saturated carbocycles. The molecule has 2 N–H and O–H groups in total. The van der Waals surface area contributed by atoms with Crippen LogP contribution in [0.1, 0.15) is 12.8 Å². The Bertz CT molecular complexity index is 561. The van der Waals surface area contributed by atoms with Gasteiger partial charge < -0.3 is 15.2 Å². The van der Waals surface area contributed by atoms with E-state index in [1.807, 2.05) is 18.2 Å². The Labute approximate surface area is 110 Å². The van der Waals surface area contributed by atoms with Crippen molar-refractivity contribution in [2.45, 2.75) is 12.8 Å². The topological polar surface area (TPSA) is 55.3 Å². The van der Waals surface area contributed by atoms with Gasteiger partial charge in [-0.3, -0.25) is 0 Å². The van der Waals surface area contributed by atoms with Crippen LogP contribution in [-0.2, 0) is 0 Å². The lowest BCUT2D eigenvalue weighted by molar-refractivity contribution is 0.436. The van der Waals surface area contributed by atoms with Crippen LogP contribution in [0.25, 0.3) is 11.3 Å². The number of hydrogen-bond donors (Lipinski definition) is 1. The number of benzene rings is 1. The van der Waals surface area contributed by atoms with Crippen molar-refractivity contribution in [2.24, 2.45) is 0 Å². The van der Waals surface area contributed by atoms with Crippen molar-refractivity contribution in [1.29, 1.82) is 0 Å². The Morgan fingerprint density at radius 1 is 1.22 bits per heavy atom. The summed E-state index contributed by atoms with van der Waals surface area (Å²) < 4.78 is 5.12. The van der Waals surface area contributed by atoms with Gasteiger partial charge in [0, 0.05) is 24.7 Å². The van der Waals surface area contributed by atoms with E-state index < -0.39 is 0 Å². The van der Waals surface area contributed by atoms with E-state index >= 15 is 0 Å². The van der Waals surface area contributed by atoms with Gasteiger partial charge in [0.25, 0.3) is 0 Å². The van der Waals surface area contributed by atoms with Gasteiger partial charge in [0.2, 0.25) is 0 Å². The van der Waals surface area contributed by atoms with Gasteiger partial charge in [-0.2, -0.15) is 0 Å². The maximum Gasteiger partial charge on any atom is 0.169 e. The van der Waals surface area contributed by atoms with Crippen molar-refractivity contribution in [3.8, 4) is 11.3 Å². The molecule has 94 valence electrons. The van der Waals surface area contributed by atoms with Crippen LogP contribution in [0.15, 0.2) is 28.8 Å². The molecule has 0 radical (unpaired) electrons. The summed E-state index contributed by atoms with van der Waals surface area (Å²) in [6.45, 7) is 2.16. The predicted molar refractivity (Wildman–Crippen MR) is 72.8 cm³/mol. The number of aromatic nitrogens is 1. The normalized spacial score (nSPS) is 15.3. The quantitative estimate of drug-likeness (QED) is 0.904. The van der Waals surface area contributed by atoms with Crippen molar-refractivity contribution in [2.75, 3.05) is 23.7 Å². The monoisotopic (exact) mass is 263 g/mol. The molecule has 2 heterocycles.